The fourth-order valence-electron chi connectivity index (χ4n) is 2.01. The molecule has 3 nitrogen and oxygen atoms in total. The summed E-state index contributed by atoms with van der Waals surface area (Å²) in [7, 11) is 0. The summed E-state index contributed by atoms with van der Waals surface area (Å²) in [5, 5.41) is 3.43. The van der Waals surface area contributed by atoms with Gasteiger partial charge in [0.05, 0.1) is 10.7 Å². The second-order valence-electron chi connectivity index (χ2n) is 5.67. The van der Waals surface area contributed by atoms with Crippen molar-refractivity contribution in [1.82, 2.24) is 9.88 Å². The third kappa shape index (κ3) is 5.04. The highest BCUT2D eigenvalue weighted by Crippen LogP contribution is 2.18. The van der Waals surface area contributed by atoms with E-state index in [1.54, 1.807) is 11.3 Å². The number of aromatic nitrogens is 1. The lowest BCUT2D eigenvalue weighted by atomic mass is 9.93. The van der Waals surface area contributed by atoms with Crippen molar-refractivity contribution in [1.29, 1.82) is 0 Å². The third-order valence-corrected chi connectivity index (χ3v) is 4.07. The molecule has 0 aliphatic heterocycles. The minimum absolute atomic E-state index is 0.179. The number of hydrogen-bond donors (Lipinski definition) is 1. The number of hydrogen-bond acceptors (Lipinski definition) is 4. The molecule has 0 spiro atoms. The second-order valence-corrected chi connectivity index (χ2v) is 6.61. The molecule has 0 atom stereocenters. The quantitative estimate of drug-likeness (QED) is 0.789. The first kappa shape index (κ1) is 15.6. The Balaban J connectivity index is 2.62. The normalized spacial score (nSPS) is 12.3. The zero-order valence-electron chi connectivity index (χ0n) is 12.2. The molecule has 104 valence electrons. The first-order valence-corrected chi connectivity index (χ1v) is 7.74. The van der Waals surface area contributed by atoms with Crippen LogP contribution in [-0.2, 0) is 13.0 Å². The maximum absolute atomic E-state index is 5.83. The van der Waals surface area contributed by atoms with Crippen LogP contribution in [0.1, 0.15) is 44.8 Å². The van der Waals surface area contributed by atoms with Gasteiger partial charge < -0.3 is 5.73 Å². The molecule has 0 saturated carbocycles. The van der Waals surface area contributed by atoms with Gasteiger partial charge in [-0.3, -0.25) is 4.90 Å². The molecule has 0 aromatic carbocycles. The predicted molar refractivity (Wildman–Crippen MR) is 79.9 cm³/mol. The van der Waals surface area contributed by atoms with E-state index in [0.717, 1.165) is 32.6 Å². The van der Waals surface area contributed by atoms with Crippen LogP contribution < -0.4 is 5.73 Å². The van der Waals surface area contributed by atoms with Crippen LogP contribution in [0.5, 0.6) is 0 Å². The van der Waals surface area contributed by atoms with Crippen LogP contribution >= 0.6 is 11.3 Å². The summed E-state index contributed by atoms with van der Waals surface area (Å²) in [6.07, 6.45) is 2.21. The summed E-state index contributed by atoms with van der Waals surface area (Å²) in [6.45, 7) is 12.7. The topological polar surface area (TPSA) is 42.2 Å². The van der Waals surface area contributed by atoms with Crippen LogP contribution in [0.4, 0.5) is 0 Å². The van der Waals surface area contributed by atoms with Gasteiger partial charge in [-0.25, -0.2) is 4.98 Å². The number of thiazole rings is 1. The Bertz CT molecular complexity index is 347. The number of aryl methyl sites for hydroxylation is 1. The fraction of sp³-hybridized carbons (Fsp3) is 0.786. The molecule has 1 aromatic heterocycles. The highest BCUT2D eigenvalue weighted by Gasteiger charge is 2.20. The molecule has 0 unspecified atom stereocenters. The Morgan fingerprint density at radius 3 is 2.61 bits per heavy atom. The molecule has 0 bridgehead atoms. The first-order chi connectivity index (χ1) is 8.50. The van der Waals surface area contributed by atoms with Crippen molar-refractivity contribution in [2.45, 2.75) is 47.1 Å². The monoisotopic (exact) mass is 269 g/mol. The summed E-state index contributed by atoms with van der Waals surface area (Å²) >= 11 is 1.77. The van der Waals surface area contributed by atoms with Crippen molar-refractivity contribution in [2.24, 2.45) is 11.1 Å². The molecule has 18 heavy (non-hydrogen) atoms. The van der Waals surface area contributed by atoms with Crippen LogP contribution in [0.15, 0.2) is 5.38 Å². The minimum Gasteiger partial charge on any atom is -0.330 e. The van der Waals surface area contributed by atoms with Crippen molar-refractivity contribution in [3.05, 3.63) is 16.1 Å². The standard InChI is InChI=1S/C14H27N3S/c1-5-7-17(11-14(3,4)10-15)8-12-9-18-13(6-2)16-12/h9H,5-8,10-11,15H2,1-4H3. The van der Waals surface area contributed by atoms with Crippen LogP contribution in [0.2, 0.25) is 0 Å². The zero-order chi connectivity index (χ0) is 13.6. The molecular formula is C14H27N3S. The molecule has 4 heteroatoms. The summed E-state index contributed by atoms with van der Waals surface area (Å²) < 4.78 is 0. The van der Waals surface area contributed by atoms with Gasteiger partial charge in [0.2, 0.25) is 0 Å². The van der Waals surface area contributed by atoms with Crippen molar-refractivity contribution in [3.8, 4) is 0 Å². The van der Waals surface area contributed by atoms with Gasteiger partial charge in [0.15, 0.2) is 0 Å². The van der Waals surface area contributed by atoms with E-state index in [0.29, 0.717) is 0 Å². The minimum atomic E-state index is 0.179. The molecule has 1 aromatic rings. The van der Waals surface area contributed by atoms with Crippen LogP contribution in [0.25, 0.3) is 0 Å². The predicted octanol–water partition coefficient (Wildman–Crippen LogP) is 2.90. The summed E-state index contributed by atoms with van der Waals surface area (Å²) in [6, 6.07) is 0. The van der Waals surface area contributed by atoms with E-state index in [1.807, 2.05) is 0 Å². The van der Waals surface area contributed by atoms with Gasteiger partial charge in [-0.1, -0.05) is 27.7 Å². The molecule has 0 amide bonds. The number of rotatable bonds is 8. The summed E-state index contributed by atoms with van der Waals surface area (Å²) in [5.41, 5.74) is 7.22. The zero-order valence-corrected chi connectivity index (χ0v) is 13.0. The molecule has 2 N–H and O–H groups in total. The molecule has 1 rings (SSSR count). The van der Waals surface area contributed by atoms with Crippen LogP contribution in [-0.4, -0.2) is 29.5 Å². The Labute approximate surface area is 115 Å². The van der Waals surface area contributed by atoms with Gasteiger partial charge in [-0.2, -0.15) is 0 Å². The van der Waals surface area contributed by atoms with E-state index in [1.165, 1.54) is 17.1 Å². The van der Waals surface area contributed by atoms with E-state index < -0.39 is 0 Å². The van der Waals surface area contributed by atoms with Gasteiger partial charge in [0, 0.05) is 18.5 Å². The molecular weight excluding hydrogens is 242 g/mol. The van der Waals surface area contributed by atoms with Crippen molar-refractivity contribution in [3.63, 3.8) is 0 Å². The molecule has 0 saturated heterocycles. The highest BCUT2D eigenvalue weighted by molar-refractivity contribution is 7.09. The molecule has 0 fully saturated rings. The highest BCUT2D eigenvalue weighted by atomic mass is 32.1. The third-order valence-electron chi connectivity index (χ3n) is 3.03. The fourth-order valence-corrected chi connectivity index (χ4v) is 2.75. The van der Waals surface area contributed by atoms with E-state index in [4.69, 9.17) is 5.73 Å². The van der Waals surface area contributed by atoms with Crippen LogP contribution in [0.3, 0.4) is 0 Å². The van der Waals surface area contributed by atoms with E-state index in [2.05, 4.69) is 43.0 Å². The smallest absolute Gasteiger partial charge is 0.0926 e. The molecule has 0 aliphatic carbocycles. The molecule has 0 radical (unpaired) electrons. The van der Waals surface area contributed by atoms with Crippen LogP contribution in [0, 0.1) is 5.41 Å². The van der Waals surface area contributed by atoms with E-state index in [-0.39, 0.29) is 5.41 Å². The van der Waals surface area contributed by atoms with Gasteiger partial charge in [0.1, 0.15) is 0 Å². The van der Waals surface area contributed by atoms with Gasteiger partial charge in [0.25, 0.3) is 0 Å². The van der Waals surface area contributed by atoms with E-state index >= 15 is 0 Å². The van der Waals surface area contributed by atoms with Crippen molar-refractivity contribution in [2.75, 3.05) is 19.6 Å². The lowest BCUT2D eigenvalue weighted by Crippen LogP contribution is -2.38. The maximum atomic E-state index is 5.83. The maximum Gasteiger partial charge on any atom is 0.0926 e. The lowest BCUT2D eigenvalue weighted by Gasteiger charge is -2.31. The average molecular weight is 269 g/mol. The number of nitrogens with two attached hydrogens (primary N) is 1. The van der Waals surface area contributed by atoms with Gasteiger partial charge >= 0.3 is 0 Å². The molecule has 1 heterocycles. The SMILES string of the molecule is CCCN(Cc1csc(CC)n1)CC(C)(C)CN. The Morgan fingerprint density at radius 2 is 2.11 bits per heavy atom. The lowest BCUT2D eigenvalue weighted by molar-refractivity contribution is 0.174. The summed E-state index contributed by atoms with van der Waals surface area (Å²) in [5.74, 6) is 0. The summed E-state index contributed by atoms with van der Waals surface area (Å²) in [4.78, 5) is 7.13. The van der Waals surface area contributed by atoms with Crippen molar-refractivity contribution >= 4 is 11.3 Å². The Hall–Kier alpha value is -0.450. The Kier molecular flexibility index (Phi) is 6.26. The second kappa shape index (κ2) is 7.22. The largest absolute Gasteiger partial charge is 0.330 e. The number of nitrogens with zero attached hydrogens (tertiary/aromatic N) is 2. The van der Waals surface area contributed by atoms with Crippen molar-refractivity contribution < 1.29 is 0 Å². The van der Waals surface area contributed by atoms with Gasteiger partial charge in [-0.15, -0.1) is 11.3 Å². The first-order valence-electron chi connectivity index (χ1n) is 6.86. The average Bonchev–Trinajstić information content (AvgIpc) is 2.76. The molecule has 0 aliphatic rings. The Morgan fingerprint density at radius 1 is 1.39 bits per heavy atom. The van der Waals surface area contributed by atoms with Gasteiger partial charge in [-0.05, 0) is 31.3 Å². The van der Waals surface area contributed by atoms with E-state index in [9.17, 15) is 0 Å².